The van der Waals surface area contributed by atoms with Crippen LogP contribution in [0.3, 0.4) is 0 Å². The summed E-state index contributed by atoms with van der Waals surface area (Å²) < 4.78 is 10.7. The number of rotatable bonds is 4. The predicted molar refractivity (Wildman–Crippen MR) is 116 cm³/mol. The van der Waals surface area contributed by atoms with Crippen molar-refractivity contribution in [3.05, 3.63) is 46.4 Å². The summed E-state index contributed by atoms with van der Waals surface area (Å²) in [6.07, 6.45) is 0. The van der Waals surface area contributed by atoms with Crippen molar-refractivity contribution in [3.8, 4) is 11.5 Å². The summed E-state index contributed by atoms with van der Waals surface area (Å²) in [6.45, 7) is 3.35. The molecule has 5 nitrogen and oxygen atoms in total. The summed E-state index contributed by atoms with van der Waals surface area (Å²) in [5.41, 5.74) is 1.85. The zero-order chi connectivity index (χ0) is 19.4. The van der Waals surface area contributed by atoms with E-state index in [1.165, 1.54) is 0 Å². The lowest BCUT2D eigenvalue weighted by atomic mass is 10.2. The summed E-state index contributed by atoms with van der Waals surface area (Å²) in [5.74, 6) is 1.18. The van der Waals surface area contributed by atoms with Gasteiger partial charge in [-0.25, -0.2) is 0 Å². The molecule has 144 valence electrons. The van der Waals surface area contributed by atoms with Crippen LogP contribution in [0.25, 0.3) is 0 Å². The number of benzene rings is 2. The highest BCUT2D eigenvalue weighted by Gasteiger charge is 2.20. The summed E-state index contributed by atoms with van der Waals surface area (Å²) in [6, 6.07) is 11.4. The third kappa shape index (κ3) is 4.69. The van der Waals surface area contributed by atoms with E-state index in [9.17, 15) is 0 Å². The molecule has 2 aromatic carbocycles. The van der Waals surface area contributed by atoms with Gasteiger partial charge < -0.3 is 24.6 Å². The van der Waals surface area contributed by atoms with Gasteiger partial charge in [0.05, 0.1) is 24.9 Å². The quantitative estimate of drug-likeness (QED) is 0.725. The zero-order valence-corrected chi connectivity index (χ0v) is 17.5. The lowest BCUT2D eigenvalue weighted by molar-refractivity contribution is 0.389. The SMILES string of the molecule is COc1cc(NC(=S)N2CCN(c3cccc(Cl)c3)CC2)c(OC)cc1Cl. The fourth-order valence-electron chi connectivity index (χ4n) is 2.99. The van der Waals surface area contributed by atoms with Gasteiger partial charge in [-0.1, -0.05) is 29.3 Å². The number of nitrogens with one attached hydrogen (secondary N) is 1. The van der Waals surface area contributed by atoms with E-state index in [4.69, 9.17) is 44.9 Å². The fourth-order valence-corrected chi connectivity index (χ4v) is 3.70. The minimum absolute atomic E-state index is 0.487. The molecular weight excluding hydrogens is 405 g/mol. The van der Waals surface area contributed by atoms with Crippen LogP contribution in [0.4, 0.5) is 11.4 Å². The Hall–Kier alpha value is -1.89. The van der Waals surface area contributed by atoms with Gasteiger partial charge in [0, 0.05) is 49.0 Å². The predicted octanol–water partition coefficient (Wildman–Crippen LogP) is 4.53. The number of halogens is 2. The highest BCUT2D eigenvalue weighted by molar-refractivity contribution is 7.80. The molecule has 1 fully saturated rings. The largest absolute Gasteiger partial charge is 0.495 e. The molecule has 0 saturated carbocycles. The monoisotopic (exact) mass is 425 g/mol. The summed E-state index contributed by atoms with van der Waals surface area (Å²) in [4.78, 5) is 4.44. The molecule has 27 heavy (non-hydrogen) atoms. The van der Waals surface area contributed by atoms with Crippen molar-refractivity contribution in [3.63, 3.8) is 0 Å². The smallest absolute Gasteiger partial charge is 0.173 e. The van der Waals surface area contributed by atoms with E-state index in [0.29, 0.717) is 21.6 Å². The number of anilines is 2. The van der Waals surface area contributed by atoms with Gasteiger partial charge in [0.25, 0.3) is 0 Å². The first-order valence-electron chi connectivity index (χ1n) is 8.50. The van der Waals surface area contributed by atoms with Crippen molar-refractivity contribution < 1.29 is 9.47 Å². The van der Waals surface area contributed by atoms with Crippen LogP contribution in [-0.4, -0.2) is 50.4 Å². The number of nitrogens with zero attached hydrogens (tertiary/aromatic N) is 2. The minimum atomic E-state index is 0.487. The first-order valence-corrected chi connectivity index (χ1v) is 9.66. The molecule has 1 aliphatic heterocycles. The number of thiocarbonyl (C=S) groups is 1. The standard InChI is InChI=1S/C19H21Cl2N3O2S/c1-25-17-12-16(18(26-2)11-15(17)21)22-19(27)24-8-6-23(7-9-24)14-5-3-4-13(20)10-14/h3-5,10-12H,6-9H2,1-2H3,(H,22,27). The number of hydrogen-bond donors (Lipinski definition) is 1. The molecule has 2 aromatic rings. The molecular formula is C19H21Cl2N3O2S. The van der Waals surface area contributed by atoms with Crippen LogP contribution in [0.5, 0.6) is 11.5 Å². The lowest BCUT2D eigenvalue weighted by Crippen LogP contribution is -2.50. The molecule has 0 aromatic heterocycles. The van der Waals surface area contributed by atoms with E-state index in [1.54, 1.807) is 26.4 Å². The molecule has 8 heteroatoms. The van der Waals surface area contributed by atoms with Crippen molar-refractivity contribution in [1.29, 1.82) is 0 Å². The van der Waals surface area contributed by atoms with E-state index in [0.717, 1.165) is 42.6 Å². The van der Waals surface area contributed by atoms with Gasteiger partial charge in [0.15, 0.2) is 5.11 Å². The molecule has 1 heterocycles. The molecule has 0 radical (unpaired) electrons. The third-order valence-corrected chi connectivity index (χ3v) is 5.35. The van der Waals surface area contributed by atoms with E-state index < -0.39 is 0 Å². The Kier molecular flexibility index (Phi) is 6.52. The second-order valence-electron chi connectivity index (χ2n) is 6.07. The molecule has 0 bridgehead atoms. The number of hydrogen-bond acceptors (Lipinski definition) is 4. The van der Waals surface area contributed by atoms with Crippen molar-refractivity contribution in [2.45, 2.75) is 0 Å². The molecule has 0 amide bonds. The highest BCUT2D eigenvalue weighted by atomic mass is 35.5. The topological polar surface area (TPSA) is 37.0 Å². The Bertz CT molecular complexity index is 827. The van der Waals surface area contributed by atoms with Gasteiger partial charge in [-0.15, -0.1) is 0 Å². The first kappa shape index (κ1) is 19.9. The molecule has 0 atom stereocenters. The summed E-state index contributed by atoms with van der Waals surface area (Å²) >= 11 is 17.9. The maximum atomic E-state index is 6.16. The third-order valence-electron chi connectivity index (χ3n) is 4.46. The molecule has 0 spiro atoms. The molecule has 1 N–H and O–H groups in total. The van der Waals surface area contributed by atoms with Crippen molar-refractivity contribution in [1.82, 2.24) is 4.90 Å². The average molecular weight is 426 g/mol. The van der Waals surface area contributed by atoms with E-state index in [-0.39, 0.29) is 0 Å². The summed E-state index contributed by atoms with van der Waals surface area (Å²) in [7, 11) is 3.17. The number of ether oxygens (including phenoxy) is 2. The second-order valence-corrected chi connectivity index (χ2v) is 7.30. The van der Waals surface area contributed by atoms with Gasteiger partial charge in [-0.05, 0) is 30.4 Å². The fraction of sp³-hybridized carbons (Fsp3) is 0.316. The van der Waals surface area contributed by atoms with Gasteiger partial charge in [-0.3, -0.25) is 0 Å². The first-order chi connectivity index (χ1) is 13.0. The van der Waals surface area contributed by atoms with E-state index in [1.807, 2.05) is 18.2 Å². The summed E-state index contributed by atoms with van der Waals surface area (Å²) in [5, 5.41) is 5.13. The van der Waals surface area contributed by atoms with Gasteiger partial charge in [0.2, 0.25) is 0 Å². The number of methoxy groups -OCH3 is 2. The second kappa shape index (κ2) is 8.87. The molecule has 3 rings (SSSR count). The van der Waals surface area contributed by atoms with Gasteiger partial charge >= 0.3 is 0 Å². The van der Waals surface area contributed by atoms with Crippen molar-refractivity contribution in [2.24, 2.45) is 0 Å². The Labute approximate surface area is 174 Å². The van der Waals surface area contributed by atoms with Crippen molar-refractivity contribution in [2.75, 3.05) is 50.6 Å². The Morgan fingerprint density at radius 2 is 1.70 bits per heavy atom. The highest BCUT2D eigenvalue weighted by Crippen LogP contribution is 2.36. The normalized spacial score (nSPS) is 14.1. The van der Waals surface area contributed by atoms with Crippen LogP contribution in [0, 0.1) is 0 Å². The Balaban J connectivity index is 1.65. The van der Waals surface area contributed by atoms with Crippen LogP contribution in [-0.2, 0) is 0 Å². The minimum Gasteiger partial charge on any atom is -0.495 e. The molecule has 0 aliphatic carbocycles. The van der Waals surface area contributed by atoms with E-state index >= 15 is 0 Å². The van der Waals surface area contributed by atoms with Gasteiger partial charge in [0.1, 0.15) is 11.5 Å². The maximum absolute atomic E-state index is 6.16. The zero-order valence-electron chi connectivity index (χ0n) is 15.2. The molecule has 1 saturated heterocycles. The average Bonchev–Trinajstić information content (AvgIpc) is 2.69. The Morgan fingerprint density at radius 3 is 2.33 bits per heavy atom. The lowest BCUT2D eigenvalue weighted by Gasteiger charge is -2.37. The van der Waals surface area contributed by atoms with Crippen LogP contribution < -0.4 is 19.7 Å². The van der Waals surface area contributed by atoms with Crippen molar-refractivity contribution >= 4 is 51.9 Å². The van der Waals surface area contributed by atoms with Gasteiger partial charge in [-0.2, -0.15) is 0 Å². The molecule has 1 aliphatic rings. The Morgan fingerprint density at radius 1 is 1.00 bits per heavy atom. The maximum Gasteiger partial charge on any atom is 0.173 e. The van der Waals surface area contributed by atoms with Crippen LogP contribution in [0.15, 0.2) is 36.4 Å². The molecule has 0 unspecified atom stereocenters. The number of piperazine rings is 1. The van der Waals surface area contributed by atoms with E-state index in [2.05, 4.69) is 21.2 Å². The van der Waals surface area contributed by atoms with Crippen LogP contribution in [0.1, 0.15) is 0 Å². The van der Waals surface area contributed by atoms with Crippen LogP contribution in [0.2, 0.25) is 10.0 Å². The van der Waals surface area contributed by atoms with Crippen LogP contribution >= 0.6 is 35.4 Å².